The molecular weight excluding hydrogens is 416 g/mol. The topological polar surface area (TPSA) is 61.8 Å². The molecule has 1 aliphatic heterocycles. The minimum Gasteiger partial charge on any atom is -0.469 e. The number of carbonyl (C=O) groups is 2. The van der Waals surface area contributed by atoms with Crippen LogP contribution in [0.3, 0.4) is 0 Å². The van der Waals surface area contributed by atoms with Crippen LogP contribution in [0.1, 0.15) is 109 Å². The van der Waals surface area contributed by atoms with Crippen LogP contribution in [0, 0.1) is 17.8 Å². The van der Waals surface area contributed by atoms with E-state index in [1.807, 2.05) is 6.08 Å². The Morgan fingerprint density at radius 3 is 2.45 bits per heavy atom. The van der Waals surface area contributed by atoms with Gasteiger partial charge in [-0.15, -0.1) is 0 Å². The smallest absolute Gasteiger partial charge is 0.305 e. The summed E-state index contributed by atoms with van der Waals surface area (Å²) in [5, 5.41) is 0. The largest absolute Gasteiger partial charge is 0.469 e. The van der Waals surface area contributed by atoms with Gasteiger partial charge in [-0.3, -0.25) is 9.59 Å². The summed E-state index contributed by atoms with van der Waals surface area (Å²) in [7, 11) is 1.45. The van der Waals surface area contributed by atoms with Crippen molar-refractivity contribution in [1.82, 2.24) is 0 Å². The summed E-state index contributed by atoms with van der Waals surface area (Å²) >= 11 is 0. The van der Waals surface area contributed by atoms with Gasteiger partial charge in [0, 0.05) is 19.4 Å². The minimum absolute atomic E-state index is 0.0537. The Balaban J connectivity index is 1.48. The van der Waals surface area contributed by atoms with Crippen LogP contribution in [-0.4, -0.2) is 37.9 Å². The molecule has 4 unspecified atom stereocenters. The number of allylic oxidation sites excluding steroid dienone is 2. The van der Waals surface area contributed by atoms with E-state index in [9.17, 15) is 9.59 Å². The standard InChI is InChI=1S/C28H46O5/c1-31-27(30)14-8-3-2-7-13-25-23(16-18-24(29)21-22-11-5-4-6-12-22)17-19-26(25)33-28-15-9-10-20-32-28/h16,18,22-23,25-26,28H,2-15,17,19-21H2,1H3. The Kier molecular flexibility index (Phi) is 11.9. The molecule has 4 atom stereocenters. The van der Waals surface area contributed by atoms with Crippen molar-refractivity contribution < 1.29 is 23.8 Å². The summed E-state index contributed by atoms with van der Waals surface area (Å²) in [6.45, 7) is 0.807. The molecule has 0 aromatic rings. The number of rotatable bonds is 13. The molecule has 5 heteroatoms. The third-order valence-corrected chi connectivity index (χ3v) is 7.92. The van der Waals surface area contributed by atoms with Gasteiger partial charge in [0.15, 0.2) is 12.1 Å². The maximum absolute atomic E-state index is 12.6. The van der Waals surface area contributed by atoms with Crippen LogP contribution < -0.4 is 0 Å². The number of hydrogen-bond acceptors (Lipinski definition) is 5. The van der Waals surface area contributed by atoms with E-state index < -0.39 is 0 Å². The van der Waals surface area contributed by atoms with Crippen molar-refractivity contribution in [3.63, 3.8) is 0 Å². The lowest BCUT2D eigenvalue weighted by atomic mass is 9.85. The van der Waals surface area contributed by atoms with Gasteiger partial charge in [-0.2, -0.15) is 0 Å². The molecule has 2 saturated carbocycles. The van der Waals surface area contributed by atoms with E-state index in [0.717, 1.165) is 70.8 Å². The van der Waals surface area contributed by atoms with Gasteiger partial charge in [0.25, 0.3) is 0 Å². The SMILES string of the molecule is COC(=O)CCCCCCC1C(C=CC(=O)CC2CCCCC2)CCC1OC1CCCCO1. The maximum Gasteiger partial charge on any atom is 0.305 e. The molecule has 1 saturated heterocycles. The third kappa shape index (κ3) is 9.52. The van der Waals surface area contributed by atoms with Gasteiger partial charge < -0.3 is 14.2 Å². The zero-order valence-corrected chi connectivity index (χ0v) is 20.8. The minimum atomic E-state index is -0.116. The lowest BCUT2D eigenvalue weighted by molar-refractivity contribution is -0.195. The first-order valence-electron chi connectivity index (χ1n) is 13.7. The van der Waals surface area contributed by atoms with Gasteiger partial charge in [0.05, 0.1) is 13.2 Å². The number of ketones is 1. The summed E-state index contributed by atoms with van der Waals surface area (Å²) in [4.78, 5) is 23.9. The van der Waals surface area contributed by atoms with Crippen LogP contribution in [0.5, 0.6) is 0 Å². The number of methoxy groups -OCH3 is 1. The number of esters is 1. The Morgan fingerprint density at radius 1 is 0.909 bits per heavy atom. The number of unbranched alkanes of at least 4 members (excludes halogenated alkanes) is 3. The van der Waals surface area contributed by atoms with Crippen molar-refractivity contribution in [1.29, 1.82) is 0 Å². The lowest BCUT2D eigenvalue weighted by Gasteiger charge is -2.30. The Labute approximate surface area is 201 Å². The first kappa shape index (κ1) is 26.4. The molecule has 0 aromatic heterocycles. The molecule has 2 aliphatic carbocycles. The highest BCUT2D eigenvalue weighted by Gasteiger charge is 2.37. The van der Waals surface area contributed by atoms with Crippen molar-refractivity contribution in [2.45, 2.75) is 122 Å². The van der Waals surface area contributed by atoms with E-state index in [1.54, 1.807) is 0 Å². The number of carbonyl (C=O) groups excluding carboxylic acids is 2. The predicted molar refractivity (Wildman–Crippen MR) is 130 cm³/mol. The van der Waals surface area contributed by atoms with Crippen molar-refractivity contribution in [2.75, 3.05) is 13.7 Å². The molecule has 0 spiro atoms. The zero-order valence-electron chi connectivity index (χ0n) is 20.8. The summed E-state index contributed by atoms with van der Waals surface area (Å²) in [5.74, 6) is 1.66. The average Bonchev–Trinajstić information content (AvgIpc) is 3.22. The van der Waals surface area contributed by atoms with Crippen molar-refractivity contribution in [3.05, 3.63) is 12.2 Å². The molecule has 188 valence electrons. The number of ether oxygens (including phenoxy) is 3. The number of hydrogen-bond donors (Lipinski definition) is 0. The molecular formula is C28H46O5. The second-order valence-corrected chi connectivity index (χ2v) is 10.4. The third-order valence-electron chi connectivity index (χ3n) is 7.92. The van der Waals surface area contributed by atoms with E-state index in [0.29, 0.717) is 30.0 Å². The van der Waals surface area contributed by atoms with Crippen molar-refractivity contribution in [2.24, 2.45) is 17.8 Å². The Morgan fingerprint density at radius 2 is 1.70 bits per heavy atom. The first-order chi connectivity index (χ1) is 16.2. The van der Waals surface area contributed by atoms with Crippen LogP contribution in [-0.2, 0) is 23.8 Å². The molecule has 3 rings (SSSR count). The van der Waals surface area contributed by atoms with Gasteiger partial charge in [-0.25, -0.2) is 0 Å². The second-order valence-electron chi connectivity index (χ2n) is 10.4. The van der Waals surface area contributed by atoms with E-state index >= 15 is 0 Å². The Hall–Kier alpha value is -1.20. The molecule has 0 N–H and O–H groups in total. The monoisotopic (exact) mass is 462 g/mol. The van der Waals surface area contributed by atoms with Gasteiger partial charge >= 0.3 is 5.97 Å². The fraction of sp³-hybridized carbons (Fsp3) is 0.857. The zero-order chi connectivity index (χ0) is 23.3. The van der Waals surface area contributed by atoms with Crippen LogP contribution in [0.2, 0.25) is 0 Å². The van der Waals surface area contributed by atoms with Crippen molar-refractivity contribution in [3.8, 4) is 0 Å². The molecule has 0 aromatic carbocycles. The van der Waals surface area contributed by atoms with E-state index in [1.165, 1.54) is 45.6 Å². The van der Waals surface area contributed by atoms with Gasteiger partial charge in [0.2, 0.25) is 0 Å². The van der Waals surface area contributed by atoms with Gasteiger partial charge in [-0.05, 0) is 68.8 Å². The van der Waals surface area contributed by atoms with Crippen LogP contribution in [0.15, 0.2) is 12.2 Å². The highest BCUT2D eigenvalue weighted by Crippen LogP contribution is 2.40. The normalized spacial score (nSPS) is 28.9. The lowest BCUT2D eigenvalue weighted by Crippen LogP contribution is -2.31. The molecule has 33 heavy (non-hydrogen) atoms. The quantitative estimate of drug-likeness (QED) is 0.177. The summed E-state index contributed by atoms with van der Waals surface area (Å²) in [6.07, 6.45) is 22.6. The van der Waals surface area contributed by atoms with Gasteiger partial charge in [0.1, 0.15) is 0 Å². The molecule has 5 nitrogen and oxygen atoms in total. The molecule has 3 fully saturated rings. The average molecular weight is 463 g/mol. The highest BCUT2D eigenvalue weighted by molar-refractivity contribution is 5.89. The van der Waals surface area contributed by atoms with Crippen molar-refractivity contribution >= 4 is 11.8 Å². The fourth-order valence-corrected chi connectivity index (χ4v) is 5.96. The molecule has 0 radical (unpaired) electrons. The van der Waals surface area contributed by atoms with Crippen LogP contribution in [0.25, 0.3) is 0 Å². The molecule has 0 amide bonds. The summed E-state index contributed by atoms with van der Waals surface area (Å²) in [6, 6.07) is 0. The van der Waals surface area contributed by atoms with E-state index in [-0.39, 0.29) is 18.4 Å². The molecule has 3 aliphatic rings. The molecule has 0 bridgehead atoms. The summed E-state index contributed by atoms with van der Waals surface area (Å²) in [5.41, 5.74) is 0. The molecule has 1 heterocycles. The van der Waals surface area contributed by atoms with Gasteiger partial charge in [-0.1, -0.05) is 57.4 Å². The van der Waals surface area contributed by atoms with E-state index in [4.69, 9.17) is 14.2 Å². The van der Waals surface area contributed by atoms with Crippen LogP contribution >= 0.6 is 0 Å². The first-order valence-corrected chi connectivity index (χ1v) is 13.7. The van der Waals surface area contributed by atoms with Crippen LogP contribution in [0.4, 0.5) is 0 Å². The predicted octanol–water partition coefficient (Wildman–Crippen LogP) is 6.53. The van der Waals surface area contributed by atoms with E-state index in [2.05, 4.69) is 6.08 Å². The Bertz CT molecular complexity index is 603. The second kappa shape index (κ2) is 14.9. The highest BCUT2D eigenvalue weighted by atomic mass is 16.7. The maximum atomic E-state index is 12.6. The fourth-order valence-electron chi connectivity index (χ4n) is 5.96. The summed E-state index contributed by atoms with van der Waals surface area (Å²) < 4.78 is 17.0.